The Balaban J connectivity index is 3.61. The summed E-state index contributed by atoms with van der Waals surface area (Å²) in [6.07, 6.45) is 59.8. The molecule has 8 nitrogen and oxygen atoms in total. The van der Waals surface area contributed by atoms with Crippen molar-refractivity contribution in [3.05, 3.63) is 0 Å². The Morgan fingerprint density at radius 2 is 0.727 bits per heavy atom. The third-order valence-electron chi connectivity index (χ3n) is 13.9. The van der Waals surface area contributed by atoms with Crippen LogP contribution in [-0.2, 0) is 18.4 Å². The SMILES string of the molecule is CCCCCCCCCCCCCCCCCCCCCCCCCCCCCCCCCCCCCCCCCC(=O)NC(COP(=O)(O)OCC[N+](C)(C)C)C(O)CCCCCCC. The number of amides is 1. The molecule has 0 saturated carbocycles. The molecule has 0 fully saturated rings. The minimum absolute atomic E-state index is 0.0775. The molecule has 0 saturated heterocycles. The molecule has 0 aliphatic rings. The number of phosphoric acid groups is 1. The van der Waals surface area contributed by atoms with Gasteiger partial charge >= 0.3 is 7.82 Å². The van der Waals surface area contributed by atoms with E-state index in [1.807, 2.05) is 21.1 Å². The second-order valence-electron chi connectivity index (χ2n) is 21.7. The highest BCUT2D eigenvalue weighted by molar-refractivity contribution is 7.47. The van der Waals surface area contributed by atoms with Crippen molar-refractivity contribution in [2.24, 2.45) is 0 Å². The molecule has 0 aliphatic heterocycles. The lowest BCUT2D eigenvalue weighted by molar-refractivity contribution is -0.870. The number of aliphatic hydroxyl groups excluding tert-OH is 1. The van der Waals surface area contributed by atoms with Crippen molar-refractivity contribution in [1.82, 2.24) is 5.32 Å². The fourth-order valence-corrected chi connectivity index (χ4v) is 9.96. The first-order chi connectivity index (χ1) is 32.0. The number of likely N-dealkylation sites (N-methyl/N-ethyl adjacent to an activating group) is 1. The number of quaternary nitrogens is 1. The van der Waals surface area contributed by atoms with Crippen LogP contribution in [0.25, 0.3) is 0 Å². The van der Waals surface area contributed by atoms with Gasteiger partial charge in [0.25, 0.3) is 0 Å². The zero-order valence-corrected chi connectivity index (χ0v) is 46.1. The predicted molar refractivity (Wildman–Crippen MR) is 286 cm³/mol. The average molecular weight is 959 g/mol. The number of carbonyl (C=O) groups is 1. The molecular weight excluding hydrogens is 840 g/mol. The quantitative estimate of drug-likeness (QED) is 0.0319. The van der Waals surface area contributed by atoms with Gasteiger partial charge in [0.1, 0.15) is 13.2 Å². The topological polar surface area (TPSA) is 105 Å². The van der Waals surface area contributed by atoms with Crippen molar-refractivity contribution >= 4 is 13.7 Å². The van der Waals surface area contributed by atoms with E-state index in [0.717, 1.165) is 51.4 Å². The van der Waals surface area contributed by atoms with Gasteiger partial charge in [0.2, 0.25) is 5.91 Å². The van der Waals surface area contributed by atoms with E-state index >= 15 is 0 Å². The molecular formula is C57H118N2O6P+. The molecule has 0 rings (SSSR count). The van der Waals surface area contributed by atoms with Crippen LogP contribution in [0.2, 0.25) is 0 Å². The van der Waals surface area contributed by atoms with Gasteiger partial charge in [-0.1, -0.05) is 290 Å². The molecule has 0 aliphatic carbocycles. The van der Waals surface area contributed by atoms with Gasteiger partial charge in [-0.2, -0.15) is 0 Å². The number of phosphoric ester groups is 1. The number of carbonyl (C=O) groups excluding carboxylic acids is 1. The van der Waals surface area contributed by atoms with Crippen LogP contribution in [-0.4, -0.2) is 73.4 Å². The van der Waals surface area contributed by atoms with Crippen molar-refractivity contribution in [3.8, 4) is 0 Å². The maximum absolute atomic E-state index is 12.8. The number of unbranched alkanes of at least 4 members (excludes halogenated alkanes) is 42. The predicted octanol–water partition coefficient (Wildman–Crippen LogP) is 17.7. The molecule has 0 bridgehead atoms. The van der Waals surface area contributed by atoms with Crippen LogP contribution in [0.5, 0.6) is 0 Å². The molecule has 3 N–H and O–H groups in total. The van der Waals surface area contributed by atoms with Crippen molar-refractivity contribution < 1.29 is 32.9 Å². The van der Waals surface area contributed by atoms with Gasteiger partial charge < -0.3 is 19.8 Å². The van der Waals surface area contributed by atoms with Gasteiger partial charge in [0.15, 0.2) is 0 Å². The van der Waals surface area contributed by atoms with Crippen LogP contribution >= 0.6 is 7.82 Å². The summed E-state index contributed by atoms with van der Waals surface area (Å²) in [5, 5.41) is 13.8. The summed E-state index contributed by atoms with van der Waals surface area (Å²) < 4.78 is 23.5. The zero-order valence-electron chi connectivity index (χ0n) is 45.2. The molecule has 396 valence electrons. The van der Waals surface area contributed by atoms with Crippen LogP contribution in [0.4, 0.5) is 0 Å². The highest BCUT2D eigenvalue weighted by Gasteiger charge is 2.28. The smallest absolute Gasteiger partial charge is 0.391 e. The molecule has 0 heterocycles. The Morgan fingerprint density at radius 3 is 1.02 bits per heavy atom. The molecule has 0 aromatic rings. The van der Waals surface area contributed by atoms with E-state index in [0.29, 0.717) is 23.9 Å². The van der Waals surface area contributed by atoms with E-state index in [4.69, 9.17) is 9.05 Å². The van der Waals surface area contributed by atoms with E-state index in [1.54, 1.807) is 0 Å². The van der Waals surface area contributed by atoms with Crippen molar-refractivity contribution in [2.45, 2.75) is 321 Å². The number of hydrogen-bond donors (Lipinski definition) is 3. The van der Waals surface area contributed by atoms with Crippen LogP contribution in [0, 0.1) is 0 Å². The number of nitrogens with one attached hydrogen (secondary N) is 1. The lowest BCUT2D eigenvalue weighted by atomic mass is 10.0. The normalized spacial score (nSPS) is 13.9. The Labute approximate surface area is 412 Å². The maximum atomic E-state index is 12.8. The van der Waals surface area contributed by atoms with E-state index in [1.165, 1.54) is 231 Å². The highest BCUT2D eigenvalue weighted by Crippen LogP contribution is 2.43. The monoisotopic (exact) mass is 958 g/mol. The summed E-state index contributed by atoms with van der Waals surface area (Å²) in [6.45, 7) is 4.83. The second kappa shape index (κ2) is 49.5. The Bertz CT molecular complexity index is 1040. The zero-order chi connectivity index (χ0) is 48.5. The van der Waals surface area contributed by atoms with Gasteiger partial charge in [-0.15, -0.1) is 0 Å². The number of aliphatic hydroxyl groups is 1. The number of hydrogen-bond acceptors (Lipinski definition) is 5. The largest absolute Gasteiger partial charge is 0.472 e. The van der Waals surface area contributed by atoms with Crippen molar-refractivity contribution in [2.75, 3.05) is 40.9 Å². The molecule has 9 heteroatoms. The van der Waals surface area contributed by atoms with Gasteiger partial charge in [-0.3, -0.25) is 13.8 Å². The van der Waals surface area contributed by atoms with Crippen molar-refractivity contribution in [3.63, 3.8) is 0 Å². The third-order valence-corrected chi connectivity index (χ3v) is 14.8. The summed E-state index contributed by atoms with van der Waals surface area (Å²) in [5.74, 6) is -0.145. The minimum Gasteiger partial charge on any atom is -0.391 e. The number of rotatable bonds is 55. The van der Waals surface area contributed by atoms with E-state index in [9.17, 15) is 19.4 Å². The van der Waals surface area contributed by atoms with E-state index in [2.05, 4.69) is 19.2 Å². The van der Waals surface area contributed by atoms with E-state index < -0.39 is 20.0 Å². The molecule has 0 aromatic carbocycles. The molecule has 0 spiro atoms. The fraction of sp³-hybridized carbons (Fsp3) is 0.982. The standard InChI is InChI=1S/C57H117N2O6P/c1-6-8-10-12-13-14-15-16-17-18-19-20-21-22-23-24-25-26-27-28-29-30-31-32-33-34-35-36-37-38-39-40-41-42-43-44-45-47-49-51-57(61)58-55(56(60)50-48-46-11-9-7-2)54-65-66(62,63)64-53-52-59(3,4)5/h55-56,60H,6-54H2,1-5H3,(H-,58,61,62,63)/p+1. The van der Waals surface area contributed by atoms with Gasteiger partial charge in [-0.05, 0) is 12.8 Å². The lowest BCUT2D eigenvalue weighted by Crippen LogP contribution is -2.46. The first kappa shape index (κ1) is 65.5. The summed E-state index contributed by atoms with van der Waals surface area (Å²) in [4.78, 5) is 23.0. The van der Waals surface area contributed by atoms with Crippen LogP contribution < -0.4 is 5.32 Å². The highest BCUT2D eigenvalue weighted by atomic mass is 31.2. The molecule has 3 atom stereocenters. The molecule has 66 heavy (non-hydrogen) atoms. The summed E-state index contributed by atoms with van der Waals surface area (Å²) >= 11 is 0. The third kappa shape index (κ3) is 51.4. The summed E-state index contributed by atoms with van der Waals surface area (Å²) in [7, 11) is 1.63. The molecule has 0 aromatic heterocycles. The lowest BCUT2D eigenvalue weighted by Gasteiger charge is -2.26. The van der Waals surface area contributed by atoms with Crippen LogP contribution in [0.3, 0.4) is 0 Å². The summed E-state index contributed by atoms with van der Waals surface area (Å²) in [6, 6.07) is -0.751. The van der Waals surface area contributed by atoms with Crippen LogP contribution in [0.15, 0.2) is 0 Å². The number of nitrogens with zero attached hydrogens (tertiary/aromatic N) is 1. The van der Waals surface area contributed by atoms with Crippen molar-refractivity contribution in [1.29, 1.82) is 0 Å². The molecule has 1 amide bonds. The first-order valence-electron chi connectivity index (χ1n) is 29.4. The van der Waals surface area contributed by atoms with E-state index in [-0.39, 0.29) is 19.1 Å². The molecule has 3 unspecified atom stereocenters. The Kier molecular flexibility index (Phi) is 49.1. The minimum atomic E-state index is -4.30. The van der Waals surface area contributed by atoms with Gasteiger partial charge in [-0.25, -0.2) is 4.57 Å². The Hall–Kier alpha value is -0.500. The summed E-state index contributed by atoms with van der Waals surface area (Å²) in [5.41, 5.74) is 0. The molecule has 0 radical (unpaired) electrons. The van der Waals surface area contributed by atoms with Gasteiger partial charge in [0.05, 0.1) is 39.9 Å². The Morgan fingerprint density at radius 1 is 0.455 bits per heavy atom. The first-order valence-corrected chi connectivity index (χ1v) is 30.9. The van der Waals surface area contributed by atoms with Crippen LogP contribution in [0.1, 0.15) is 309 Å². The van der Waals surface area contributed by atoms with Gasteiger partial charge in [0, 0.05) is 6.42 Å². The fourth-order valence-electron chi connectivity index (χ4n) is 9.23. The second-order valence-corrected chi connectivity index (χ2v) is 23.2. The average Bonchev–Trinajstić information content (AvgIpc) is 3.27. The maximum Gasteiger partial charge on any atom is 0.472 e.